The van der Waals surface area contributed by atoms with Crippen LogP contribution in [0.5, 0.6) is 0 Å². The third-order valence-electron chi connectivity index (χ3n) is 5.75. The summed E-state index contributed by atoms with van der Waals surface area (Å²) in [6, 6.07) is 13.9. The van der Waals surface area contributed by atoms with E-state index >= 15 is 0 Å². The first kappa shape index (κ1) is 26.9. The minimum atomic E-state index is -3.67. The van der Waals surface area contributed by atoms with Gasteiger partial charge in [0.2, 0.25) is 10.0 Å². The first-order chi connectivity index (χ1) is 18.2. The van der Waals surface area contributed by atoms with Crippen LogP contribution in [0.2, 0.25) is 0 Å². The Morgan fingerprint density at radius 3 is 2.45 bits per heavy atom. The van der Waals surface area contributed by atoms with Crippen LogP contribution in [0.1, 0.15) is 29.5 Å². The van der Waals surface area contributed by atoms with E-state index in [9.17, 15) is 17.6 Å². The maximum atomic E-state index is 13.4. The number of imidazole rings is 1. The van der Waals surface area contributed by atoms with Crippen LogP contribution in [0.4, 0.5) is 15.0 Å². The van der Waals surface area contributed by atoms with Gasteiger partial charge in [0.15, 0.2) is 11.5 Å². The van der Waals surface area contributed by atoms with Crippen LogP contribution < -0.4 is 15.8 Å². The average molecular weight is 542 g/mol. The highest BCUT2D eigenvalue weighted by Crippen LogP contribution is 2.16. The van der Waals surface area contributed by atoms with Gasteiger partial charge in [-0.05, 0) is 43.0 Å². The number of aromatic nitrogens is 4. The standard InChI is InChI=1S/C25H28FN7O4S/c1-17-4-6-19(7-5-17)15-30-38(35,36)20-10-8-18(9-11-20)14-28-25(34)37-13-3-2-12-33-16-29-21-22(27)31-24(26)32-23(21)33/h4-11,16,30H,2-3,12-15H2,1H3,(H,28,34)(H2,27,31,32). The Bertz CT molecular complexity index is 1510. The van der Waals surface area contributed by atoms with Gasteiger partial charge in [0.1, 0.15) is 5.52 Å². The highest BCUT2D eigenvalue weighted by Gasteiger charge is 2.14. The average Bonchev–Trinajstić information content (AvgIpc) is 3.30. The smallest absolute Gasteiger partial charge is 0.407 e. The molecule has 0 fully saturated rings. The number of sulfonamides is 1. The number of hydrogen-bond donors (Lipinski definition) is 3. The Balaban J connectivity index is 1.16. The molecule has 1 amide bonds. The number of ether oxygens (including phenoxy) is 1. The Labute approximate surface area is 219 Å². The lowest BCUT2D eigenvalue weighted by Gasteiger charge is -2.09. The predicted octanol–water partition coefficient (Wildman–Crippen LogP) is 3.04. The van der Waals surface area contributed by atoms with Gasteiger partial charge >= 0.3 is 12.2 Å². The molecule has 0 atom stereocenters. The molecule has 0 bridgehead atoms. The quantitative estimate of drug-likeness (QED) is 0.193. The molecule has 38 heavy (non-hydrogen) atoms. The van der Waals surface area contributed by atoms with E-state index in [0.29, 0.717) is 30.6 Å². The van der Waals surface area contributed by atoms with Crippen LogP contribution in [-0.2, 0) is 34.4 Å². The van der Waals surface area contributed by atoms with Gasteiger partial charge in [0.25, 0.3) is 0 Å². The Kier molecular flexibility index (Phi) is 8.48. The van der Waals surface area contributed by atoms with Crippen LogP contribution in [0.15, 0.2) is 59.8 Å². The van der Waals surface area contributed by atoms with Crippen LogP contribution in [0.25, 0.3) is 11.2 Å². The summed E-state index contributed by atoms with van der Waals surface area (Å²) >= 11 is 0. The molecule has 0 spiro atoms. The maximum Gasteiger partial charge on any atom is 0.407 e. The third kappa shape index (κ3) is 7.01. The number of hydrogen-bond acceptors (Lipinski definition) is 8. The van der Waals surface area contributed by atoms with E-state index in [1.807, 2.05) is 31.2 Å². The van der Waals surface area contributed by atoms with Crippen molar-refractivity contribution >= 4 is 33.1 Å². The monoisotopic (exact) mass is 541 g/mol. The molecule has 4 N–H and O–H groups in total. The SMILES string of the molecule is Cc1ccc(CNS(=O)(=O)c2ccc(CNC(=O)OCCCCn3cnc4c(N)nc(F)nc43)cc2)cc1. The summed E-state index contributed by atoms with van der Waals surface area (Å²) in [5.74, 6) is -0.0164. The molecule has 4 rings (SSSR count). The number of aryl methyl sites for hydroxylation is 2. The van der Waals surface area contributed by atoms with Gasteiger partial charge in [0, 0.05) is 19.6 Å². The van der Waals surface area contributed by atoms with Gasteiger partial charge < -0.3 is 20.4 Å². The van der Waals surface area contributed by atoms with E-state index in [0.717, 1.165) is 16.7 Å². The normalized spacial score (nSPS) is 11.5. The van der Waals surface area contributed by atoms with Crippen molar-refractivity contribution in [3.05, 3.63) is 77.6 Å². The molecule has 2 aromatic carbocycles. The van der Waals surface area contributed by atoms with Gasteiger partial charge in [-0.25, -0.2) is 22.9 Å². The number of carbonyl (C=O) groups is 1. The summed E-state index contributed by atoms with van der Waals surface area (Å²) in [4.78, 5) is 23.4. The lowest BCUT2D eigenvalue weighted by atomic mass is 10.2. The molecule has 0 saturated carbocycles. The lowest BCUT2D eigenvalue weighted by Crippen LogP contribution is -2.25. The summed E-state index contributed by atoms with van der Waals surface area (Å²) in [5, 5.41) is 2.64. The second-order valence-electron chi connectivity index (χ2n) is 8.64. The van der Waals surface area contributed by atoms with E-state index in [1.165, 1.54) is 18.5 Å². The second kappa shape index (κ2) is 12.0. The number of carbonyl (C=O) groups excluding carboxylic acids is 1. The highest BCUT2D eigenvalue weighted by atomic mass is 32.2. The number of nitrogens with zero attached hydrogens (tertiary/aromatic N) is 4. The predicted molar refractivity (Wildman–Crippen MR) is 139 cm³/mol. The number of anilines is 1. The highest BCUT2D eigenvalue weighted by molar-refractivity contribution is 7.89. The van der Waals surface area contributed by atoms with E-state index in [1.54, 1.807) is 16.7 Å². The van der Waals surface area contributed by atoms with Gasteiger partial charge in [-0.2, -0.15) is 14.4 Å². The van der Waals surface area contributed by atoms with Crippen LogP contribution in [0, 0.1) is 13.0 Å². The van der Waals surface area contributed by atoms with Crippen molar-refractivity contribution in [3.8, 4) is 0 Å². The van der Waals surface area contributed by atoms with Crippen molar-refractivity contribution in [2.75, 3.05) is 12.3 Å². The fraction of sp³-hybridized carbons (Fsp3) is 0.280. The van der Waals surface area contributed by atoms with Gasteiger partial charge in [-0.3, -0.25) is 0 Å². The number of fused-ring (bicyclic) bond motifs is 1. The molecule has 2 heterocycles. The van der Waals surface area contributed by atoms with Crippen LogP contribution in [-0.4, -0.2) is 40.6 Å². The zero-order valence-electron chi connectivity index (χ0n) is 20.7. The molecule has 200 valence electrons. The number of amides is 1. The van der Waals surface area contributed by atoms with E-state index in [-0.39, 0.29) is 30.4 Å². The van der Waals surface area contributed by atoms with Crippen molar-refractivity contribution in [1.82, 2.24) is 29.6 Å². The number of halogens is 1. The Hall–Kier alpha value is -4.10. The fourth-order valence-electron chi connectivity index (χ4n) is 3.63. The van der Waals surface area contributed by atoms with Crippen molar-refractivity contribution in [2.24, 2.45) is 0 Å². The number of nitrogens with one attached hydrogen (secondary N) is 2. The molecule has 0 aliphatic heterocycles. The summed E-state index contributed by atoms with van der Waals surface area (Å²) in [6.45, 7) is 3.02. The number of unbranched alkanes of at least 4 members (excludes halogenated alkanes) is 1. The topological polar surface area (TPSA) is 154 Å². The van der Waals surface area contributed by atoms with Crippen molar-refractivity contribution in [1.29, 1.82) is 0 Å². The molecule has 2 aromatic heterocycles. The number of alkyl carbamates (subject to hydrolysis) is 1. The largest absolute Gasteiger partial charge is 0.450 e. The van der Waals surface area contributed by atoms with Crippen molar-refractivity contribution < 1.29 is 22.3 Å². The molecule has 4 aromatic rings. The summed E-state index contributed by atoms with van der Waals surface area (Å²) < 4.78 is 48.0. The zero-order valence-corrected chi connectivity index (χ0v) is 21.5. The first-order valence-electron chi connectivity index (χ1n) is 11.9. The molecule has 0 aliphatic carbocycles. The fourth-order valence-corrected chi connectivity index (χ4v) is 4.65. The number of nitrogens with two attached hydrogens (primary N) is 1. The van der Waals surface area contributed by atoms with Gasteiger partial charge in [-0.1, -0.05) is 42.0 Å². The van der Waals surface area contributed by atoms with E-state index in [4.69, 9.17) is 10.5 Å². The molecule has 0 radical (unpaired) electrons. The van der Waals surface area contributed by atoms with Crippen LogP contribution >= 0.6 is 0 Å². The first-order valence-corrected chi connectivity index (χ1v) is 13.4. The summed E-state index contributed by atoms with van der Waals surface area (Å²) in [6.07, 6.45) is 1.22. The maximum absolute atomic E-state index is 13.4. The lowest BCUT2D eigenvalue weighted by molar-refractivity contribution is 0.143. The summed E-state index contributed by atoms with van der Waals surface area (Å²) in [5.41, 5.74) is 8.99. The van der Waals surface area contributed by atoms with Crippen LogP contribution in [0.3, 0.4) is 0 Å². The molecular weight excluding hydrogens is 513 g/mol. The van der Waals surface area contributed by atoms with E-state index in [2.05, 4.69) is 25.0 Å². The Morgan fingerprint density at radius 2 is 1.71 bits per heavy atom. The molecule has 0 saturated heterocycles. The van der Waals surface area contributed by atoms with Crippen molar-refractivity contribution in [3.63, 3.8) is 0 Å². The molecule has 0 unspecified atom stereocenters. The van der Waals surface area contributed by atoms with E-state index < -0.39 is 22.2 Å². The summed E-state index contributed by atoms with van der Waals surface area (Å²) in [7, 11) is -3.67. The molecule has 0 aliphatic rings. The molecular formula is C25H28FN7O4S. The Morgan fingerprint density at radius 1 is 1.03 bits per heavy atom. The second-order valence-corrected chi connectivity index (χ2v) is 10.4. The molecule has 13 heteroatoms. The minimum absolute atomic E-state index is 0.0164. The molecule has 11 nitrogen and oxygen atoms in total. The van der Waals surface area contributed by atoms with Crippen molar-refractivity contribution in [2.45, 2.75) is 44.3 Å². The van der Waals surface area contributed by atoms with Gasteiger partial charge in [0.05, 0.1) is 17.8 Å². The number of rotatable bonds is 11. The minimum Gasteiger partial charge on any atom is -0.450 e. The zero-order chi connectivity index (χ0) is 27.1. The van der Waals surface area contributed by atoms with Gasteiger partial charge in [-0.15, -0.1) is 0 Å². The third-order valence-corrected chi connectivity index (χ3v) is 7.16. The number of nitrogen functional groups attached to an aromatic ring is 1. The number of benzene rings is 2.